The van der Waals surface area contributed by atoms with Crippen LogP contribution in [0.5, 0.6) is 0 Å². The summed E-state index contributed by atoms with van der Waals surface area (Å²) in [5, 5.41) is 0.521. The fourth-order valence-electron chi connectivity index (χ4n) is 3.33. The molecule has 1 aromatic heterocycles. The molecule has 2 amide bonds. The average Bonchev–Trinajstić information content (AvgIpc) is 2.74. The van der Waals surface area contributed by atoms with Crippen LogP contribution in [0.2, 0.25) is 10.0 Å². The Balaban J connectivity index is 1.51. The zero-order chi connectivity index (χ0) is 20.5. The number of halogens is 3. The minimum absolute atomic E-state index is 0.158. The molecule has 0 saturated carbocycles. The third kappa shape index (κ3) is 3.75. The molecule has 1 aliphatic rings. The molecule has 148 valence electrons. The monoisotopic (exact) mass is 432 g/mol. The van der Waals surface area contributed by atoms with Gasteiger partial charge in [-0.15, -0.1) is 0 Å². The number of benzene rings is 2. The highest BCUT2D eigenvalue weighted by Crippen LogP contribution is 2.27. The van der Waals surface area contributed by atoms with Gasteiger partial charge in [-0.3, -0.25) is 19.6 Å². The summed E-state index contributed by atoms with van der Waals surface area (Å²) >= 11 is 12.1. The Morgan fingerprint density at radius 3 is 2.21 bits per heavy atom. The first-order valence-corrected chi connectivity index (χ1v) is 9.64. The van der Waals surface area contributed by atoms with Gasteiger partial charge < -0.3 is 9.80 Å². The zero-order valence-electron chi connectivity index (χ0n) is 15.1. The number of piperazine rings is 1. The van der Waals surface area contributed by atoms with Crippen LogP contribution in [0.3, 0.4) is 0 Å². The molecular formula is C20H15Cl2FN4O2. The number of fused-ring (bicyclic) bond motifs is 1. The van der Waals surface area contributed by atoms with Crippen LogP contribution in [0.15, 0.2) is 42.7 Å². The number of aromatic nitrogens is 2. The maximum atomic E-state index is 13.9. The summed E-state index contributed by atoms with van der Waals surface area (Å²) < 4.78 is 13.9. The van der Waals surface area contributed by atoms with E-state index in [1.165, 1.54) is 24.5 Å². The first-order chi connectivity index (χ1) is 14.0. The molecule has 3 aromatic rings. The minimum Gasteiger partial charge on any atom is -0.335 e. The van der Waals surface area contributed by atoms with Crippen molar-refractivity contribution >= 4 is 46.0 Å². The summed E-state index contributed by atoms with van der Waals surface area (Å²) in [5.41, 5.74) is 1.15. The van der Waals surface area contributed by atoms with E-state index in [9.17, 15) is 14.0 Å². The standard InChI is InChI=1S/C20H15Cl2FN4O2/c21-15-3-1-2-13(17(15)22)19(28)26-6-8-27(9-7-26)20(29)14-10-12(23)11-16-18(14)25-5-4-24-16/h1-5,10-11H,6-9H2. The second-order valence-corrected chi connectivity index (χ2v) is 7.35. The molecule has 0 atom stereocenters. The topological polar surface area (TPSA) is 66.4 Å². The molecule has 6 nitrogen and oxygen atoms in total. The van der Waals surface area contributed by atoms with Crippen LogP contribution in [0.25, 0.3) is 11.0 Å². The summed E-state index contributed by atoms with van der Waals surface area (Å²) in [6.45, 7) is 1.26. The predicted molar refractivity (Wildman–Crippen MR) is 108 cm³/mol. The fraction of sp³-hybridized carbons (Fsp3) is 0.200. The van der Waals surface area contributed by atoms with E-state index >= 15 is 0 Å². The van der Waals surface area contributed by atoms with Gasteiger partial charge in [0.15, 0.2) is 0 Å². The lowest BCUT2D eigenvalue weighted by Crippen LogP contribution is -2.50. The van der Waals surface area contributed by atoms with Crippen LogP contribution in [0, 0.1) is 5.82 Å². The number of nitrogens with zero attached hydrogens (tertiary/aromatic N) is 4. The number of amides is 2. The Labute approximate surface area is 175 Å². The van der Waals surface area contributed by atoms with Gasteiger partial charge in [0.25, 0.3) is 11.8 Å². The lowest BCUT2D eigenvalue weighted by atomic mass is 10.1. The normalized spacial score (nSPS) is 14.3. The van der Waals surface area contributed by atoms with E-state index in [1.54, 1.807) is 28.0 Å². The van der Waals surface area contributed by atoms with Crippen LogP contribution < -0.4 is 0 Å². The van der Waals surface area contributed by atoms with E-state index in [0.717, 1.165) is 0 Å². The van der Waals surface area contributed by atoms with E-state index in [0.29, 0.717) is 47.8 Å². The lowest BCUT2D eigenvalue weighted by Gasteiger charge is -2.35. The smallest absolute Gasteiger partial charge is 0.256 e. The Bertz CT molecular complexity index is 1120. The third-order valence-corrected chi connectivity index (χ3v) is 5.62. The van der Waals surface area contributed by atoms with Gasteiger partial charge in [-0.25, -0.2) is 4.39 Å². The Morgan fingerprint density at radius 1 is 0.897 bits per heavy atom. The van der Waals surface area contributed by atoms with Crippen molar-refractivity contribution in [2.24, 2.45) is 0 Å². The van der Waals surface area contributed by atoms with E-state index in [4.69, 9.17) is 23.2 Å². The molecular weight excluding hydrogens is 418 g/mol. The average molecular weight is 433 g/mol. The SMILES string of the molecule is O=C(c1cccc(Cl)c1Cl)N1CCN(C(=O)c2cc(F)cc3nccnc23)CC1. The Kier molecular flexibility index (Phi) is 5.34. The fourth-order valence-corrected chi connectivity index (χ4v) is 3.71. The second kappa shape index (κ2) is 7.93. The van der Waals surface area contributed by atoms with Gasteiger partial charge in [0.2, 0.25) is 0 Å². The van der Waals surface area contributed by atoms with Crippen molar-refractivity contribution in [2.75, 3.05) is 26.2 Å². The highest BCUT2D eigenvalue weighted by Gasteiger charge is 2.28. The minimum atomic E-state index is -0.550. The molecule has 0 radical (unpaired) electrons. The van der Waals surface area contributed by atoms with Gasteiger partial charge in [-0.1, -0.05) is 29.3 Å². The zero-order valence-corrected chi connectivity index (χ0v) is 16.6. The second-order valence-electron chi connectivity index (χ2n) is 6.56. The highest BCUT2D eigenvalue weighted by molar-refractivity contribution is 6.43. The molecule has 0 aliphatic carbocycles. The van der Waals surface area contributed by atoms with Crippen molar-refractivity contribution in [1.29, 1.82) is 0 Å². The Morgan fingerprint density at radius 2 is 1.52 bits per heavy atom. The van der Waals surface area contributed by atoms with Crippen LogP contribution in [0.4, 0.5) is 4.39 Å². The van der Waals surface area contributed by atoms with E-state index in [1.807, 2.05) is 0 Å². The first kappa shape index (κ1) is 19.5. The van der Waals surface area contributed by atoms with E-state index in [2.05, 4.69) is 9.97 Å². The van der Waals surface area contributed by atoms with E-state index in [-0.39, 0.29) is 22.4 Å². The molecule has 1 fully saturated rings. The van der Waals surface area contributed by atoms with Gasteiger partial charge in [0.05, 0.1) is 26.7 Å². The van der Waals surface area contributed by atoms with Crippen molar-refractivity contribution in [3.8, 4) is 0 Å². The van der Waals surface area contributed by atoms with E-state index < -0.39 is 5.82 Å². The molecule has 9 heteroatoms. The maximum absolute atomic E-state index is 13.9. The van der Waals surface area contributed by atoms with Crippen molar-refractivity contribution in [3.05, 3.63) is 69.7 Å². The maximum Gasteiger partial charge on any atom is 0.256 e. The number of carbonyl (C=O) groups is 2. The number of hydrogen-bond acceptors (Lipinski definition) is 4. The number of rotatable bonds is 2. The van der Waals surface area contributed by atoms with Crippen LogP contribution >= 0.6 is 23.2 Å². The van der Waals surface area contributed by atoms with Crippen molar-refractivity contribution in [1.82, 2.24) is 19.8 Å². The summed E-state index contributed by atoms with van der Waals surface area (Å²) in [4.78, 5) is 37.1. The predicted octanol–water partition coefficient (Wildman–Crippen LogP) is 3.67. The van der Waals surface area contributed by atoms with Gasteiger partial charge in [0.1, 0.15) is 11.3 Å². The quantitative estimate of drug-likeness (QED) is 0.619. The third-order valence-electron chi connectivity index (χ3n) is 4.81. The van der Waals surface area contributed by atoms with Gasteiger partial charge in [-0.05, 0) is 18.2 Å². The van der Waals surface area contributed by atoms with Crippen molar-refractivity contribution < 1.29 is 14.0 Å². The molecule has 0 unspecified atom stereocenters. The summed E-state index contributed by atoms with van der Waals surface area (Å²) in [6.07, 6.45) is 2.91. The summed E-state index contributed by atoms with van der Waals surface area (Å²) in [7, 11) is 0. The van der Waals surface area contributed by atoms with Gasteiger partial charge in [0, 0.05) is 44.6 Å². The lowest BCUT2D eigenvalue weighted by molar-refractivity contribution is 0.0536. The largest absolute Gasteiger partial charge is 0.335 e. The van der Waals surface area contributed by atoms with Crippen LogP contribution in [-0.4, -0.2) is 57.8 Å². The molecule has 0 N–H and O–H groups in total. The highest BCUT2D eigenvalue weighted by atomic mass is 35.5. The van der Waals surface area contributed by atoms with Crippen molar-refractivity contribution in [2.45, 2.75) is 0 Å². The molecule has 1 aliphatic heterocycles. The van der Waals surface area contributed by atoms with Gasteiger partial charge >= 0.3 is 0 Å². The molecule has 29 heavy (non-hydrogen) atoms. The van der Waals surface area contributed by atoms with Crippen LogP contribution in [-0.2, 0) is 0 Å². The molecule has 0 spiro atoms. The molecule has 2 heterocycles. The van der Waals surface area contributed by atoms with Crippen molar-refractivity contribution in [3.63, 3.8) is 0 Å². The van der Waals surface area contributed by atoms with Gasteiger partial charge in [-0.2, -0.15) is 0 Å². The summed E-state index contributed by atoms with van der Waals surface area (Å²) in [6, 6.07) is 7.31. The first-order valence-electron chi connectivity index (χ1n) is 8.88. The summed E-state index contributed by atoms with van der Waals surface area (Å²) in [5.74, 6) is -1.14. The Hall–Kier alpha value is -2.77. The molecule has 4 rings (SSSR count). The van der Waals surface area contributed by atoms with Crippen LogP contribution in [0.1, 0.15) is 20.7 Å². The number of carbonyl (C=O) groups excluding carboxylic acids is 2. The molecule has 0 bridgehead atoms. The number of hydrogen-bond donors (Lipinski definition) is 0. The molecule has 1 saturated heterocycles. The molecule has 2 aromatic carbocycles.